The lowest BCUT2D eigenvalue weighted by Crippen LogP contribution is -2.41. The first-order valence-electron chi connectivity index (χ1n) is 5.94. The number of carboxylic acid groups (broad SMARTS) is 1. The molecule has 0 aliphatic heterocycles. The van der Waals surface area contributed by atoms with E-state index in [1.165, 1.54) is 6.07 Å². The molecule has 1 aromatic heterocycles. The molecule has 1 rings (SSSR count). The molecule has 1 aromatic rings. The van der Waals surface area contributed by atoms with Crippen LogP contribution >= 0.6 is 0 Å². The zero-order chi connectivity index (χ0) is 15.3. The summed E-state index contributed by atoms with van der Waals surface area (Å²) in [6, 6.07) is 0.341. The Hall–Kier alpha value is -2.51. The molecule has 0 unspecified atom stereocenters. The lowest BCUT2D eigenvalue weighted by molar-refractivity contribution is -0.139. The maximum absolute atomic E-state index is 12.0. The van der Waals surface area contributed by atoms with Crippen molar-refractivity contribution in [1.29, 1.82) is 0 Å². The molecule has 1 atom stereocenters. The molecule has 2 amide bonds. The van der Waals surface area contributed by atoms with Gasteiger partial charge in [-0.15, -0.1) is 0 Å². The number of primary amides is 1. The van der Waals surface area contributed by atoms with Crippen LogP contribution in [-0.2, 0) is 9.59 Å². The highest BCUT2D eigenvalue weighted by Crippen LogP contribution is 2.07. The molecule has 0 aliphatic rings. The number of hydrogen-bond acceptors (Lipinski definition) is 5. The van der Waals surface area contributed by atoms with E-state index in [4.69, 9.17) is 10.8 Å². The van der Waals surface area contributed by atoms with Crippen molar-refractivity contribution < 1.29 is 19.5 Å². The van der Waals surface area contributed by atoms with E-state index in [-0.39, 0.29) is 18.4 Å². The number of hydrogen-bond donors (Lipinski definition) is 3. The molecule has 0 aromatic carbocycles. The van der Waals surface area contributed by atoms with Gasteiger partial charge in [0.15, 0.2) is 0 Å². The smallest absolute Gasteiger partial charge is 0.326 e. The van der Waals surface area contributed by atoms with E-state index in [1.54, 1.807) is 13.8 Å². The Labute approximate surface area is 115 Å². The number of amides is 2. The third kappa shape index (κ3) is 4.30. The number of nitrogens with one attached hydrogen (secondary N) is 1. The number of rotatable bonds is 6. The van der Waals surface area contributed by atoms with Gasteiger partial charge in [-0.3, -0.25) is 9.59 Å². The summed E-state index contributed by atoms with van der Waals surface area (Å²) in [6.45, 7) is 3.27. The van der Waals surface area contributed by atoms with Gasteiger partial charge in [0.05, 0.1) is 17.0 Å². The number of aliphatic carboxylic acids is 1. The first-order chi connectivity index (χ1) is 9.31. The van der Waals surface area contributed by atoms with Crippen LogP contribution in [0.5, 0.6) is 0 Å². The molecular weight excluding hydrogens is 264 g/mol. The topological polar surface area (TPSA) is 135 Å². The highest BCUT2D eigenvalue weighted by Gasteiger charge is 2.22. The first-order valence-corrected chi connectivity index (χ1v) is 5.94. The Morgan fingerprint density at radius 1 is 1.35 bits per heavy atom. The lowest BCUT2D eigenvalue weighted by atomic mass is 10.1. The Morgan fingerprint density at radius 3 is 2.55 bits per heavy atom. The monoisotopic (exact) mass is 280 g/mol. The van der Waals surface area contributed by atoms with Crippen LogP contribution in [0.1, 0.15) is 34.6 Å². The highest BCUT2D eigenvalue weighted by atomic mass is 16.4. The van der Waals surface area contributed by atoms with Gasteiger partial charge in [0.1, 0.15) is 6.04 Å². The normalized spacial score (nSPS) is 11.7. The van der Waals surface area contributed by atoms with E-state index < -0.39 is 23.8 Å². The van der Waals surface area contributed by atoms with Gasteiger partial charge in [0, 0.05) is 6.42 Å². The summed E-state index contributed by atoms with van der Waals surface area (Å²) in [5, 5.41) is 18.9. The Morgan fingerprint density at radius 2 is 2.00 bits per heavy atom. The van der Waals surface area contributed by atoms with Gasteiger partial charge >= 0.3 is 5.97 Å². The number of nitrogens with two attached hydrogens (primary N) is 1. The van der Waals surface area contributed by atoms with Crippen molar-refractivity contribution in [2.75, 3.05) is 0 Å². The van der Waals surface area contributed by atoms with Crippen LogP contribution in [0.15, 0.2) is 6.07 Å². The second-order valence-corrected chi connectivity index (χ2v) is 4.35. The second-order valence-electron chi connectivity index (χ2n) is 4.35. The largest absolute Gasteiger partial charge is 0.480 e. The zero-order valence-electron chi connectivity index (χ0n) is 11.2. The Bertz CT molecular complexity index is 544. The van der Waals surface area contributed by atoms with Gasteiger partial charge in [-0.1, -0.05) is 0 Å². The number of nitrogens with zero attached hydrogens (tertiary/aromatic N) is 2. The third-order valence-electron chi connectivity index (χ3n) is 2.63. The summed E-state index contributed by atoms with van der Waals surface area (Å²) < 4.78 is 0. The predicted molar refractivity (Wildman–Crippen MR) is 68.8 cm³/mol. The second kappa shape index (κ2) is 6.60. The van der Waals surface area contributed by atoms with E-state index in [0.29, 0.717) is 11.4 Å². The molecule has 20 heavy (non-hydrogen) atoms. The Kier molecular flexibility index (Phi) is 5.13. The van der Waals surface area contributed by atoms with Gasteiger partial charge < -0.3 is 16.2 Å². The van der Waals surface area contributed by atoms with Crippen molar-refractivity contribution in [3.63, 3.8) is 0 Å². The number of aryl methyl sites for hydroxylation is 2. The Balaban J connectivity index is 2.82. The van der Waals surface area contributed by atoms with Crippen LogP contribution in [0.3, 0.4) is 0 Å². The average Bonchev–Trinajstić information content (AvgIpc) is 2.36. The summed E-state index contributed by atoms with van der Waals surface area (Å²) in [5.74, 6) is -2.42. The molecule has 0 aliphatic carbocycles. The van der Waals surface area contributed by atoms with E-state index in [9.17, 15) is 14.4 Å². The molecule has 1 heterocycles. The molecule has 0 bridgehead atoms. The number of carbonyl (C=O) groups excluding carboxylic acids is 2. The van der Waals surface area contributed by atoms with Crippen molar-refractivity contribution in [1.82, 2.24) is 15.5 Å². The first kappa shape index (κ1) is 15.5. The SMILES string of the molecule is Cc1cc(C(=O)N[C@@H](CCC(N)=O)C(=O)O)c(C)nn1. The molecule has 0 saturated heterocycles. The van der Waals surface area contributed by atoms with Crippen LogP contribution in [0.25, 0.3) is 0 Å². The minimum absolute atomic E-state index is 0.0626. The molecule has 0 radical (unpaired) electrons. The summed E-state index contributed by atoms with van der Waals surface area (Å²) in [6.07, 6.45) is -0.184. The maximum Gasteiger partial charge on any atom is 0.326 e. The maximum atomic E-state index is 12.0. The van der Waals surface area contributed by atoms with Crippen molar-refractivity contribution in [3.05, 3.63) is 23.0 Å². The molecule has 8 heteroatoms. The fraction of sp³-hybridized carbons (Fsp3) is 0.417. The van der Waals surface area contributed by atoms with Crippen LogP contribution in [0.2, 0.25) is 0 Å². The van der Waals surface area contributed by atoms with Crippen LogP contribution in [0, 0.1) is 13.8 Å². The van der Waals surface area contributed by atoms with Crippen molar-refractivity contribution in [2.24, 2.45) is 5.73 Å². The standard InChI is InChI=1S/C12H16N4O4/c1-6-5-8(7(2)16-15-6)11(18)14-9(12(19)20)3-4-10(13)17/h5,9H,3-4H2,1-2H3,(H2,13,17)(H,14,18)(H,19,20)/t9-/m0/s1. The molecule has 0 saturated carbocycles. The van der Waals surface area contributed by atoms with E-state index in [2.05, 4.69) is 15.5 Å². The highest BCUT2D eigenvalue weighted by molar-refractivity contribution is 5.97. The van der Waals surface area contributed by atoms with Crippen LogP contribution in [0.4, 0.5) is 0 Å². The molecule has 0 spiro atoms. The fourth-order valence-corrected chi connectivity index (χ4v) is 1.56. The van der Waals surface area contributed by atoms with Crippen LogP contribution in [-0.4, -0.2) is 39.1 Å². The lowest BCUT2D eigenvalue weighted by Gasteiger charge is -2.14. The third-order valence-corrected chi connectivity index (χ3v) is 2.63. The average molecular weight is 280 g/mol. The van der Waals surface area contributed by atoms with E-state index in [1.807, 2.05) is 0 Å². The molecule has 0 fully saturated rings. The quantitative estimate of drug-likeness (QED) is 0.645. The van der Waals surface area contributed by atoms with Gasteiger partial charge in [0.2, 0.25) is 5.91 Å². The van der Waals surface area contributed by atoms with Gasteiger partial charge in [0.25, 0.3) is 5.91 Å². The minimum atomic E-state index is -1.23. The van der Waals surface area contributed by atoms with Gasteiger partial charge in [-0.2, -0.15) is 10.2 Å². The molecular formula is C12H16N4O4. The molecule has 8 nitrogen and oxygen atoms in total. The number of carbonyl (C=O) groups is 3. The van der Waals surface area contributed by atoms with E-state index >= 15 is 0 Å². The number of carboxylic acids is 1. The summed E-state index contributed by atoms with van der Waals surface area (Å²) >= 11 is 0. The molecule has 108 valence electrons. The van der Waals surface area contributed by atoms with Gasteiger partial charge in [-0.25, -0.2) is 4.79 Å². The van der Waals surface area contributed by atoms with E-state index in [0.717, 1.165) is 0 Å². The minimum Gasteiger partial charge on any atom is -0.480 e. The van der Waals surface area contributed by atoms with Crippen LogP contribution < -0.4 is 11.1 Å². The fourth-order valence-electron chi connectivity index (χ4n) is 1.56. The van der Waals surface area contributed by atoms with Crippen molar-refractivity contribution in [2.45, 2.75) is 32.7 Å². The summed E-state index contributed by atoms with van der Waals surface area (Å²) in [4.78, 5) is 33.7. The van der Waals surface area contributed by atoms with Crippen molar-refractivity contribution in [3.8, 4) is 0 Å². The summed E-state index contributed by atoms with van der Waals surface area (Å²) in [7, 11) is 0. The predicted octanol–water partition coefficient (Wildman–Crippen LogP) is -0.458. The molecule has 4 N–H and O–H groups in total. The number of aromatic nitrogens is 2. The van der Waals surface area contributed by atoms with Gasteiger partial charge in [-0.05, 0) is 26.3 Å². The zero-order valence-corrected chi connectivity index (χ0v) is 11.2. The van der Waals surface area contributed by atoms with Crippen molar-refractivity contribution >= 4 is 17.8 Å². The summed E-state index contributed by atoms with van der Waals surface area (Å²) in [5.41, 5.74) is 6.16.